The maximum absolute atomic E-state index is 5.98. The summed E-state index contributed by atoms with van der Waals surface area (Å²) in [5.74, 6) is 1.50. The van der Waals surface area contributed by atoms with E-state index in [2.05, 4.69) is 92.9 Å². The Labute approximate surface area is 195 Å². The topological polar surface area (TPSA) is 50.0 Å². The van der Waals surface area contributed by atoms with Crippen LogP contribution in [0.1, 0.15) is 36.5 Å². The van der Waals surface area contributed by atoms with Gasteiger partial charge in [0.2, 0.25) is 0 Å². The van der Waals surface area contributed by atoms with Gasteiger partial charge in [-0.3, -0.25) is 0 Å². The first-order chi connectivity index (χ1) is 15.7. The molecule has 5 rings (SSSR count). The predicted octanol–water partition coefficient (Wildman–Crippen LogP) is 7.39. The molecule has 0 saturated heterocycles. The van der Waals surface area contributed by atoms with Crippen molar-refractivity contribution >= 4 is 37.7 Å². The molecule has 0 aliphatic carbocycles. The van der Waals surface area contributed by atoms with Gasteiger partial charge < -0.3 is 19.4 Å². The predicted molar refractivity (Wildman–Crippen MR) is 134 cm³/mol. The van der Waals surface area contributed by atoms with Gasteiger partial charge in [0, 0.05) is 44.6 Å². The number of fused-ring (bicyclic) bond motifs is 2. The quantitative estimate of drug-likeness (QED) is 0.251. The Kier molecular flexibility index (Phi) is 5.66. The highest BCUT2D eigenvalue weighted by Crippen LogP contribution is 2.45. The van der Waals surface area contributed by atoms with Crippen molar-refractivity contribution in [3.05, 3.63) is 94.2 Å². The zero-order valence-corrected chi connectivity index (χ0v) is 19.7. The smallest absolute Gasteiger partial charge is 0.162 e. The average Bonchev–Trinajstić information content (AvgIpc) is 3.42. The Morgan fingerprint density at radius 3 is 1.75 bits per heavy atom. The lowest BCUT2D eigenvalue weighted by Gasteiger charge is -2.21. The van der Waals surface area contributed by atoms with Crippen LogP contribution in [0, 0.1) is 0 Å². The minimum atomic E-state index is -0.00782. The maximum Gasteiger partial charge on any atom is 0.162 e. The van der Waals surface area contributed by atoms with Crippen molar-refractivity contribution in [1.29, 1.82) is 0 Å². The van der Waals surface area contributed by atoms with Crippen molar-refractivity contribution in [2.24, 2.45) is 0 Å². The molecule has 2 aromatic heterocycles. The van der Waals surface area contributed by atoms with E-state index in [0.717, 1.165) is 32.6 Å². The van der Waals surface area contributed by atoms with Crippen LogP contribution in [0.5, 0.6) is 11.5 Å². The molecule has 0 atom stereocenters. The summed E-state index contributed by atoms with van der Waals surface area (Å²) in [6, 6.07) is 21.0. The number of hydrogen-bond donors (Lipinski definition) is 2. The summed E-state index contributed by atoms with van der Waals surface area (Å²) in [6.45, 7) is 5.14. The van der Waals surface area contributed by atoms with Gasteiger partial charge in [0.05, 0.1) is 13.2 Å². The van der Waals surface area contributed by atoms with Gasteiger partial charge in [-0.05, 0) is 54.8 Å². The second-order valence-electron chi connectivity index (χ2n) is 7.70. The molecule has 0 spiro atoms. The Morgan fingerprint density at radius 1 is 0.719 bits per heavy atom. The standard InChI is InChI=1S/C27H25BrN2O2/c1-3-31-25-13-19(22(28)14-26(25)32-4-2)27(20-15-29-23-11-7-5-9-17(20)23)21-16-30-24-12-8-6-10-18(21)24/h5-16,27,29-30H,3-4H2,1-2H3. The minimum Gasteiger partial charge on any atom is -0.490 e. The van der Waals surface area contributed by atoms with E-state index in [9.17, 15) is 0 Å². The van der Waals surface area contributed by atoms with Gasteiger partial charge in [-0.2, -0.15) is 0 Å². The van der Waals surface area contributed by atoms with Crippen molar-refractivity contribution in [2.75, 3.05) is 13.2 Å². The van der Waals surface area contributed by atoms with E-state index < -0.39 is 0 Å². The zero-order valence-electron chi connectivity index (χ0n) is 18.1. The van der Waals surface area contributed by atoms with Crippen LogP contribution >= 0.6 is 15.9 Å². The highest BCUT2D eigenvalue weighted by Gasteiger charge is 2.26. The molecule has 3 aromatic carbocycles. The highest BCUT2D eigenvalue weighted by atomic mass is 79.9. The molecule has 0 aliphatic rings. The van der Waals surface area contributed by atoms with E-state index in [1.807, 2.05) is 19.9 Å². The van der Waals surface area contributed by atoms with E-state index in [4.69, 9.17) is 9.47 Å². The van der Waals surface area contributed by atoms with Crippen LogP contribution in [0.15, 0.2) is 77.5 Å². The van der Waals surface area contributed by atoms with E-state index in [-0.39, 0.29) is 5.92 Å². The molecule has 0 fully saturated rings. The third-order valence-corrected chi connectivity index (χ3v) is 6.52. The molecule has 5 heteroatoms. The third kappa shape index (κ3) is 3.56. The lowest BCUT2D eigenvalue weighted by atomic mass is 9.84. The molecule has 0 aliphatic heterocycles. The van der Waals surface area contributed by atoms with Crippen molar-refractivity contribution in [3.63, 3.8) is 0 Å². The van der Waals surface area contributed by atoms with Gasteiger partial charge in [-0.15, -0.1) is 0 Å². The van der Waals surface area contributed by atoms with Gasteiger partial charge in [0.15, 0.2) is 11.5 Å². The molecule has 0 amide bonds. The second kappa shape index (κ2) is 8.75. The van der Waals surface area contributed by atoms with E-state index in [0.29, 0.717) is 13.2 Å². The van der Waals surface area contributed by atoms with Crippen LogP contribution in [-0.2, 0) is 0 Å². The van der Waals surface area contributed by atoms with Crippen molar-refractivity contribution in [1.82, 2.24) is 9.97 Å². The van der Waals surface area contributed by atoms with Crippen molar-refractivity contribution in [3.8, 4) is 11.5 Å². The Hall–Kier alpha value is -3.18. The Morgan fingerprint density at radius 2 is 1.22 bits per heavy atom. The van der Waals surface area contributed by atoms with Crippen LogP contribution in [0.25, 0.3) is 21.8 Å². The molecule has 2 heterocycles. The molecular formula is C27H25BrN2O2. The van der Waals surface area contributed by atoms with Crippen LogP contribution in [0.2, 0.25) is 0 Å². The maximum atomic E-state index is 5.98. The summed E-state index contributed by atoms with van der Waals surface area (Å²) in [6.07, 6.45) is 4.25. The van der Waals surface area contributed by atoms with Crippen molar-refractivity contribution in [2.45, 2.75) is 19.8 Å². The number of ether oxygens (including phenoxy) is 2. The molecule has 32 heavy (non-hydrogen) atoms. The molecule has 4 nitrogen and oxygen atoms in total. The molecule has 0 saturated carbocycles. The van der Waals surface area contributed by atoms with Crippen LogP contribution in [0.3, 0.4) is 0 Å². The molecular weight excluding hydrogens is 464 g/mol. The number of aromatic nitrogens is 2. The third-order valence-electron chi connectivity index (χ3n) is 5.84. The summed E-state index contributed by atoms with van der Waals surface area (Å²) >= 11 is 3.85. The number of benzene rings is 3. The second-order valence-corrected chi connectivity index (χ2v) is 8.55. The van der Waals surface area contributed by atoms with E-state index in [1.54, 1.807) is 0 Å². The summed E-state index contributed by atoms with van der Waals surface area (Å²) in [5.41, 5.74) is 5.82. The van der Waals surface area contributed by atoms with Crippen LogP contribution in [-0.4, -0.2) is 23.2 Å². The average molecular weight is 489 g/mol. The van der Waals surface area contributed by atoms with Gasteiger partial charge >= 0.3 is 0 Å². The monoisotopic (exact) mass is 488 g/mol. The Balaban J connectivity index is 1.78. The molecule has 0 radical (unpaired) electrons. The Bertz CT molecular complexity index is 1310. The summed E-state index contributed by atoms with van der Waals surface area (Å²) in [5, 5.41) is 2.42. The number of hydrogen-bond acceptors (Lipinski definition) is 2. The first-order valence-electron chi connectivity index (χ1n) is 10.9. The molecule has 0 unspecified atom stereocenters. The largest absolute Gasteiger partial charge is 0.490 e. The summed E-state index contributed by atoms with van der Waals surface area (Å²) in [7, 11) is 0. The normalized spacial score (nSPS) is 11.5. The first kappa shape index (κ1) is 20.7. The number of nitrogens with one attached hydrogen (secondary N) is 2. The SMILES string of the molecule is CCOc1cc(Br)c(C(c2c[nH]c3ccccc23)c2c[nH]c3ccccc23)cc1OCC. The molecule has 0 bridgehead atoms. The van der Waals surface area contributed by atoms with E-state index in [1.165, 1.54) is 21.9 Å². The van der Waals surface area contributed by atoms with Gasteiger partial charge in [0.1, 0.15) is 0 Å². The minimum absolute atomic E-state index is 0.00782. The highest BCUT2D eigenvalue weighted by molar-refractivity contribution is 9.10. The number of halogens is 1. The number of H-pyrrole nitrogens is 2. The lowest BCUT2D eigenvalue weighted by Crippen LogP contribution is -2.06. The van der Waals surface area contributed by atoms with Crippen molar-refractivity contribution < 1.29 is 9.47 Å². The molecule has 5 aromatic rings. The fourth-order valence-corrected chi connectivity index (χ4v) is 5.03. The summed E-state index contributed by atoms with van der Waals surface area (Å²) < 4.78 is 12.8. The lowest BCUT2D eigenvalue weighted by molar-refractivity contribution is 0.287. The van der Waals surface area contributed by atoms with Gasteiger partial charge in [-0.25, -0.2) is 0 Å². The summed E-state index contributed by atoms with van der Waals surface area (Å²) in [4.78, 5) is 6.92. The van der Waals surface area contributed by atoms with Gasteiger partial charge in [0.25, 0.3) is 0 Å². The van der Waals surface area contributed by atoms with E-state index >= 15 is 0 Å². The first-order valence-corrected chi connectivity index (χ1v) is 11.7. The molecule has 162 valence electrons. The number of aromatic amines is 2. The van der Waals surface area contributed by atoms with Crippen LogP contribution < -0.4 is 9.47 Å². The molecule has 2 N–H and O–H groups in total. The fraction of sp³-hybridized carbons (Fsp3) is 0.185. The number of para-hydroxylation sites is 2. The zero-order chi connectivity index (χ0) is 22.1. The van der Waals surface area contributed by atoms with Gasteiger partial charge in [-0.1, -0.05) is 52.3 Å². The van der Waals surface area contributed by atoms with Crippen LogP contribution in [0.4, 0.5) is 0 Å². The fourth-order valence-electron chi connectivity index (χ4n) is 4.48. The number of rotatable bonds is 7.